The number of Topliss-reactive ketones (excluding diaryl/α,β-unsaturated/α-hetero) is 1. The Kier molecular flexibility index (Phi) is 2.48. The zero-order valence-electron chi connectivity index (χ0n) is 8.47. The minimum Gasteiger partial charge on any atom is -0.313 e. The molecule has 4 heteroatoms. The highest BCUT2D eigenvalue weighted by Gasteiger charge is 2.50. The molecule has 0 unspecified atom stereocenters. The number of hydroxylamine groups is 2. The first kappa shape index (κ1) is 11.0. The maximum atomic E-state index is 11.5. The van der Waals surface area contributed by atoms with Gasteiger partial charge in [0.05, 0.1) is 5.54 Å². The number of alkyl halides is 1. The summed E-state index contributed by atoms with van der Waals surface area (Å²) in [6.07, 6.45) is 0.293. The Morgan fingerprint density at radius 3 is 2.38 bits per heavy atom. The maximum absolute atomic E-state index is 11.5. The highest BCUT2D eigenvalue weighted by atomic mass is 35.5. The van der Waals surface area contributed by atoms with Crippen molar-refractivity contribution in [1.29, 1.82) is 0 Å². The molecule has 1 aliphatic heterocycles. The van der Waals surface area contributed by atoms with E-state index in [1.807, 2.05) is 13.8 Å². The van der Waals surface area contributed by atoms with Crippen molar-refractivity contribution in [1.82, 2.24) is 5.06 Å². The molecule has 1 fully saturated rings. The SMILES string of the molecule is CC1(C)CC(=O)[C@@H](Cl)C(C)(C)N1O. The van der Waals surface area contributed by atoms with E-state index in [1.165, 1.54) is 5.06 Å². The van der Waals surface area contributed by atoms with Crippen LogP contribution in [0.25, 0.3) is 0 Å². The van der Waals surface area contributed by atoms with Crippen molar-refractivity contribution < 1.29 is 10.0 Å². The van der Waals surface area contributed by atoms with E-state index < -0.39 is 16.5 Å². The molecule has 0 aromatic carbocycles. The second kappa shape index (κ2) is 2.94. The van der Waals surface area contributed by atoms with Crippen LogP contribution in [0.15, 0.2) is 0 Å². The van der Waals surface area contributed by atoms with E-state index in [0.717, 1.165) is 0 Å². The van der Waals surface area contributed by atoms with Gasteiger partial charge in [-0.2, -0.15) is 5.06 Å². The minimum atomic E-state index is -0.694. The summed E-state index contributed by atoms with van der Waals surface area (Å²) in [5.74, 6) is 0.00182. The van der Waals surface area contributed by atoms with E-state index in [2.05, 4.69) is 0 Å². The lowest BCUT2D eigenvalue weighted by Gasteiger charge is -2.49. The zero-order valence-corrected chi connectivity index (χ0v) is 9.22. The maximum Gasteiger partial charge on any atom is 0.154 e. The van der Waals surface area contributed by atoms with Crippen molar-refractivity contribution in [2.75, 3.05) is 0 Å². The van der Waals surface area contributed by atoms with Gasteiger partial charge in [0.15, 0.2) is 5.78 Å². The molecular formula is C9H16ClNO2. The highest BCUT2D eigenvalue weighted by Crippen LogP contribution is 2.37. The Morgan fingerprint density at radius 1 is 1.46 bits per heavy atom. The van der Waals surface area contributed by atoms with Gasteiger partial charge in [-0.1, -0.05) is 0 Å². The molecule has 0 amide bonds. The molecule has 0 saturated carbocycles. The van der Waals surface area contributed by atoms with Crippen molar-refractivity contribution in [3.63, 3.8) is 0 Å². The van der Waals surface area contributed by atoms with E-state index in [9.17, 15) is 10.0 Å². The van der Waals surface area contributed by atoms with E-state index in [-0.39, 0.29) is 5.78 Å². The average molecular weight is 206 g/mol. The minimum absolute atomic E-state index is 0.00182. The fourth-order valence-corrected chi connectivity index (χ4v) is 2.04. The summed E-state index contributed by atoms with van der Waals surface area (Å²) in [5.41, 5.74) is -1.22. The van der Waals surface area contributed by atoms with Crippen LogP contribution in [-0.4, -0.2) is 32.5 Å². The molecule has 0 radical (unpaired) electrons. The Labute approximate surface area is 83.6 Å². The summed E-state index contributed by atoms with van der Waals surface area (Å²) in [7, 11) is 0. The molecule has 1 aliphatic rings. The van der Waals surface area contributed by atoms with Gasteiger partial charge < -0.3 is 5.21 Å². The van der Waals surface area contributed by atoms with Crippen molar-refractivity contribution in [3.8, 4) is 0 Å². The summed E-state index contributed by atoms with van der Waals surface area (Å²) in [5, 5.41) is 10.4. The van der Waals surface area contributed by atoms with E-state index in [0.29, 0.717) is 6.42 Å². The van der Waals surface area contributed by atoms with Crippen LogP contribution in [0.4, 0.5) is 0 Å². The molecule has 0 bridgehead atoms. The molecule has 1 atom stereocenters. The number of halogens is 1. The molecule has 0 spiro atoms. The number of hydrogen-bond donors (Lipinski definition) is 1. The smallest absolute Gasteiger partial charge is 0.154 e. The molecule has 0 aromatic rings. The second-order valence-corrected chi connectivity index (χ2v) is 5.22. The molecule has 13 heavy (non-hydrogen) atoms. The van der Waals surface area contributed by atoms with Crippen molar-refractivity contribution in [2.24, 2.45) is 0 Å². The lowest BCUT2D eigenvalue weighted by molar-refractivity contribution is -0.235. The monoisotopic (exact) mass is 205 g/mol. The van der Waals surface area contributed by atoms with E-state index in [1.54, 1.807) is 13.8 Å². The standard InChI is InChI=1S/C9H16ClNO2/c1-8(2)5-6(12)7(10)9(3,4)11(8)13/h7,13H,5H2,1-4H3/t7-/m1/s1. The van der Waals surface area contributed by atoms with Gasteiger partial charge in [0.2, 0.25) is 0 Å². The van der Waals surface area contributed by atoms with Gasteiger partial charge in [0, 0.05) is 12.0 Å². The molecule has 3 nitrogen and oxygen atoms in total. The van der Waals surface area contributed by atoms with Gasteiger partial charge >= 0.3 is 0 Å². The Hall–Kier alpha value is -0.120. The van der Waals surface area contributed by atoms with Crippen LogP contribution in [0.2, 0.25) is 0 Å². The first-order valence-electron chi connectivity index (χ1n) is 4.35. The fraction of sp³-hybridized carbons (Fsp3) is 0.889. The van der Waals surface area contributed by atoms with Gasteiger partial charge in [0.25, 0.3) is 0 Å². The van der Waals surface area contributed by atoms with Crippen LogP contribution in [0.5, 0.6) is 0 Å². The number of nitrogens with zero attached hydrogens (tertiary/aromatic N) is 1. The largest absolute Gasteiger partial charge is 0.313 e. The highest BCUT2D eigenvalue weighted by molar-refractivity contribution is 6.32. The van der Waals surface area contributed by atoms with Gasteiger partial charge in [-0.15, -0.1) is 11.6 Å². The number of carbonyl (C=O) groups excluding carboxylic acids is 1. The number of carbonyl (C=O) groups is 1. The summed E-state index contributed by atoms with van der Waals surface area (Å²) >= 11 is 5.93. The summed E-state index contributed by atoms with van der Waals surface area (Å²) in [4.78, 5) is 11.5. The van der Waals surface area contributed by atoms with Crippen LogP contribution in [0.3, 0.4) is 0 Å². The van der Waals surface area contributed by atoms with Crippen molar-refractivity contribution >= 4 is 17.4 Å². The van der Waals surface area contributed by atoms with Crippen LogP contribution < -0.4 is 0 Å². The van der Waals surface area contributed by atoms with Crippen LogP contribution in [0, 0.1) is 0 Å². The van der Waals surface area contributed by atoms with Crippen LogP contribution in [-0.2, 0) is 4.79 Å². The van der Waals surface area contributed by atoms with E-state index in [4.69, 9.17) is 11.6 Å². The third kappa shape index (κ3) is 1.60. The fourth-order valence-electron chi connectivity index (χ4n) is 1.87. The van der Waals surface area contributed by atoms with Gasteiger partial charge in [0.1, 0.15) is 5.38 Å². The quantitative estimate of drug-likeness (QED) is 0.614. The lowest BCUT2D eigenvalue weighted by atomic mass is 9.81. The third-order valence-corrected chi connectivity index (χ3v) is 3.41. The van der Waals surface area contributed by atoms with Gasteiger partial charge in [-0.25, -0.2) is 0 Å². The molecular weight excluding hydrogens is 190 g/mol. The van der Waals surface area contributed by atoms with Crippen LogP contribution >= 0.6 is 11.6 Å². The van der Waals surface area contributed by atoms with Gasteiger partial charge in [-0.05, 0) is 27.7 Å². The molecule has 1 N–H and O–H groups in total. The van der Waals surface area contributed by atoms with Crippen LogP contribution in [0.1, 0.15) is 34.1 Å². The topological polar surface area (TPSA) is 40.5 Å². The summed E-state index contributed by atoms with van der Waals surface area (Å²) in [6.45, 7) is 7.19. The third-order valence-electron chi connectivity index (χ3n) is 2.63. The predicted molar refractivity (Wildman–Crippen MR) is 51.0 cm³/mol. The number of piperidine rings is 1. The second-order valence-electron chi connectivity index (χ2n) is 4.78. The molecule has 1 rings (SSSR count). The summed E-state index contributed by atoms with van der Waals surface area (Å²) < 4.78 is 0. The average Bonchev–Trinajstić information content (AvgIpc) is 1.98. The van der Waals surface area contributed by atoms with Crippen molar-refractivity contribution in [3.05, 3.63) is 0 Å². The predicted octanol–water partition coefficient (Wildman–Crippen LogP) is 1.81. The zero-order chi connectivity index (χ0) is 10.4. The Morgan fingerprint density at radius 2 is 1.92 bits per heavy atom. The Bertz CT molecular complexity index is 238. The lowest BCUT2D eigenvalue weighted by Crippen LogP contribution is -2.64. The normalized spacial score (nSPS) is 33.4. The molecule has 0 aliphatic carbocycles. The Balaban J connectivity index is 3.03. The molecule has 1 saturated heterocycles. The number of ketones is 1. The number of rotatable bonds is 0. The first-order valence-corrected chi connectivity index (χ1v) is 4.79. The van der Waals surface area contributed by atoms with E-state index >= 15 is 0 Å². The first-order chi connectivity index (χ1) is 5.69. The molecule has 1 heterocycles. The van der Waals surface area contributed by atoms with Crippen molar-refractivity contribution in [2.45, 2.75) is 50.6 Å². The molecule has 76 valence electrons. The number of hydrogen-bond acceptors (Lipinski definition) is 3. The molecule has 0 aromatic heterocycles. The summed E-state index contributed by atoms with van der Waals surface area (Å²) in [6, 6.07) is 0. The van der Waals surface area contributed by atoms with Gasteiger partial charge in [-0.3, -0.25) is 4.79 Å².